The van der Waals surface area contributed by atoms with Gasteiger partial charge in [0.2, 0.25) is 0 Å². The Morgan fingerprint density at radius 3 is 2.39 bits per heavy atom. The third kappa shape index (κ3) is 5.81. The number of benzene rings is 3. The van der Waals surface area contributed by atoms with Crippen molar-refractivity contribution in [3.8, 4) is 28.8 Å². The van der Waals surface area contributed by atoms with Crippen molar-refractivity contribution in [2.24, 2.45) is 0 Å². The van der Waals surface area contributed by atoms with Crippen molar-refractivity contribution < 1.29 is 13.9 Å². The van der Waals surface area contributed by atoms with Gasteiger partial charge in [-0.3, -0.25) is 4.98 Å². The van der Waals surface area contributed by atoms with Crippen LogP contribution in [0.5, 0.6) is 11.5 Å². The van der Waals surface area contributed by atoms with Crippen LogP contribution in [0.2, 0.25) is 0 Å². The van der Waals surface area contributed by atoms with E-state index in [2.05, 4.69) is 6.07 Å². The summed E-state index contributed by atoms with van der Waals surface area (Å²) < 4.78 is 27.4. The van der Waals surface area contributed by atoms with Crippen molar-refractivity contribution >= 4 is 11.4 Å². The SMILES string of the molecule is CCOc1cc(OC(C)C)c(F)c(N(Cc2cccc(-c3ccccc3)n2)c2ccc(C#N)cc2)c1. The van der Waals surface area contributed by atoms with Crippen molar-refractivity contribution in [1.29, 1.82) is 5.26 Å². The normalized spacial score (nSPS) is 10.7. The second-order valence-corrected chi connectivity index (χ2v) is 8.48. The van der Waals surface area contributed by atoms with Crippen molar-refractivity contribution in [3.63, 3.8) is 0 Å². The number of nitriles is 1. The number of nitrogens with zero attached hydrogens (tertiary/aromatic N) is 3. The van der Waals surface area contributed by atoms with E-state index in [4.69, 9.17) is 14.5 Å². The molecule has 0 saturated heterocycles. The lowest BCUT2D eigenvalue weighted by molar-refractivity contribution is 0.229. The van der Waals surface area contributed by atoms with Crippen LogP contribution in [0.3, 0.4) is 0 Å². The first-order valence-corrected chi connectivity index (χ1v) is 11.9. The average Bonchev–Trinajstić information content (AvgIpc) is 2.90. The van der Waals surface area contributed by atoms with Gasteiger partial charge in [-0.15, -0.1) is 0 Å². The fourth-order valence-electron chi connectivity index (χ4n) is 3.88. The zero-order valence-corrected chi connectivity index (χ0v) is 20.6. The number of aromatic nitrogens is 1. The summed E-state index contributed by atoms with van der Waals surface area (Å²) in [6, 6.07) is 28.1. The van der Waals surface area contributed by atoms with Gasteiger partial charge in [0.25, 0.3) is 0 Å². The standard InChI is InChI=1S/C30H28FN3O2/c1-4-35-26-17-28(30(31)29(18-26)36-21(2)3)34(25-15-13-22(19-32)14-16-25)20-24-11-8-12-27(33-24)23-9-6-5-7-10-23/h5-18,21H,4,20H2,1-3H3. The zero-order valence-electron chi connectivity index (χ0n) is 20.6. The fourth-order valence-corrected chi connectivity index (χ4v) is 3.88. The maximum absolute atomic E-state index is 15.9. The van der Waals surface area contributed by atoms with Gasteiger partial charge in [-0.25, -0.2) is 4.39 Å². The molecule has 0 bridgehead atoms. The van der Waals surface area contributed by atoms with Gasteiger partial charge in [0, 0.05) is 23.4 Å². The van der Waals surface area contributed by atoms with E-state index in [9.17, 15) is 5.26 Å². The number of pyridine rings is 1. The van der Waals surface area contributed by atoms with E-state index in [1.807, 2.05) is 74.2 Å². The Morgan fingerprint density at radius 2 is 1.72 bits per heavy atom. The first-order chi connectivity index (χ1) is 17.5. The van der Waals surface area contributed by atoms with Crippen molar-refractivity contribution in [2.45, 2.75) is 33.4 Å². The highest BCUT2D eigenvalue weighted by molar-refractivity contribution is 5.68. The Morgan fingerprint density at radius 1 is 0.972 bits per heavy atom. The molecule has 0 aliphatic heterocycles. The smallest absolute Gasteiger partial charge is 0.188 e. The predicted molar refractivity (Wildman–Crippen MR) is 140 cm³/mol. The van der Waals surface area contributed by atoms with E-state index in [-0.39, 0.29) is 11.9 Å². The maximum Gasteiger partial charge on any atom is 0.188 e. The molecule has 0 saturated carbocycles. The molecule has 0 unspecified atom stereocenters. The molecule has 3 aromatic carbocycles. The van der Waals surface area contributed by atoms with Gasteiger partial charge in [-0.05, 0) is 57.2 Å². The number of anilines is 2. The zero-order chi connectivity index (χ0) is 25.5. The summed E-state index contributed by atoms with van der Waals surface area (Å²) in [6.07, 6.45) is -0.211. The molecule has 0 atom stereocenters. The molecule has 0 radical (unpaired) electrons. The monoisotopic (exact) mass is 481 g/mol. The molecule has 5 nitrogen and oxygen atoms in total. The summed E-state index contributed by atoms with van der Waals surface area (Å²) in [5, 5.41) is 9.25. The van der Waals surface area contributed by atoms with Gasteiger partial charge in [-0.1, -0.05) is 36.4 Å². The summed E-state index contributed by atoms with van der Waals surface area (Å²) in [5.74, 6) is 0.139. The highest BCUT2D eigenvalue weighted by Crippen LogP contribution is 2.38. The molecule has 0 spiro atoms. The van der Waals surface area contributed by atoms with E-state index >= 15 is 4.39 Å². The second kappa shape index (κ2) is 11.4. The molecule has 4 aromatic rings. The minimum absolute atomic E-state index is 0.121. The molecule has 0 aliphatic carbocycles. The van der Waals surface area contributed by atoms with Crippen LogP contribution in [0.4, 0.5) is 15.8 Å². The second-order valence-electron chi connectivity index (χ2n) is 8.48. The average molecular weight is 482 g/mol. The van der Waals surface area contributed by atoms with E-state index in [1.54, 1.807) is 36.4 Å². The largest absolute Gasteiger partial charge is 0.494 e. The van der Waals surface area contributed by atoms with Crippen molar-refractivity contribution in [2.75, 3.05) is 11.5 Å². The molecular weight excluding hydrogens is 453 g/mol. The third-order valence-electron chi connectivity index (χ3n) is 5.46. The Labute approximate surface area is 211 Å². The van der Waals surface area contributed by atoms with Crippen LogP contribution in [-0.4, -0.2) is 17.7 Å². The number of rotatable bonds is 9. The molecule has 0 fully saturated rings. The highest BCUT2D eigenvalue weighted by atomic mass is 19.1. The van der Waals surface area contributed by atoms with Crippen LogP contribution in [0.25, 0.3) is 11.3 Å². The topological polar surface area (TPSA) is 58.4 Å². The van der Waals surface area contributed by atoms with E-state index in [0.29, 0.717) is 35.8 Å². The Bertz CT molecular complexity index is 1350. The van der Waals surface area contributed by atoms with E-state index in [1.165, 1.54) is 0 Å². The minimum Gasteiger partial charge on any atom is -0.494 e. The Hall–Kier alpha value is -4.37. The molecule has 0 N–H and O–H groups in total. The lowest BCUT2D eigenvalue weighted by Crippen LogP contribution is -2.20. The van der Waals surface area contributed by atoms with Crippen LogP contribution in [-0.2, 0) is 6.54 Å². The first kappa shape index (κ1) is 24.7. The molecule has 182 valence electrons. The molecule has 36 heavy (non-hydrogen) atoms. The van der Waals surface area contributed by atoms with Crippen LogP contribution in [0.15, 0.2) is 84.9 Å². The van der Waals surface area contributed by atoms with Crippen LogP contribution < -0.4 is 14.4 Å². The van der Waals surface area contributed by atoms with Crippen LogP contribution in [0, 0.1) is 17.1 Å². The van der Waals surface area contributed by atoms with Crippen molar-refractivity contribution in [3.05, 3.63) is 102 Å². The first-order valence-electron chi connectivity index (χ1n) is 11.9. The summed E-state index contributed by atoms with van der Waals surface area (Å²) >= 11 is 0. The molecule has 1 heterocycles. The Balaban J connectivity index is 1.82. The lowest BCUT2D eigenvalue weighted by Gasteiger charge is -2.27. The number of hydrogen-bond donors (Lipinski definition) is 0. The lowest BCUT2D eigenvalue weighted by atomic mass is 10.1. The third-order valence-corrected chi connectivity index (χ3v) is 5.46. The number of hydrogen-bond acceptors (Lipinski definition) is 5. The molecule has 4 rings (SSSR count). The fraction of sp³-hybridized carbons (Fsp3) is 0.200. The molecular formula is C30H28FN3O2. The number of ether oxygens (including phenoxy) is 2. The van der Waals surface area contributed by atoms with Gasteiger partial charge in [0.1, 0.15) is 5.75 Å². The van der Waals surface area contributed by atoms with Gasteiger partial charge in [0.15, 0.2) is 11.6 Å². The van der Waals surface area contributed by atoms with Gasteiger partial charge >= 0.3 is 0 Å². The molecule has 6 heteroatoms. The highest BCUT2D eigenvalue weighted by Gasteiger charge is 2.22. The van der Waals surface area contributed by atoms with Crippen LogP contribution >= 0.6 is 0 Å². The van der Waals surface area contributed by atoms with Crippen LogP contribution in [0.1, 0.15) is 32.0 Å². The molecule has 0 amide bonds. The summed E-state index contributed by atoms with van der Waals surface area (Å²) in [4.78, 5) is 6.67. The maximum atomic E-state index is 15.9. The summed E-state index contributed by atoms with van der Waals surface area (Å²) in [6.45, 7) is 6.31. The van der Waals surface area contributed by atoms with Gasteiger partial charge in [-0.2, -0.15) is 5.26 Å². The Kier molecular flexibility index (Phi) is 7.82. The minimum atomic E-state index is -0.490. The summed E-state index contributed by atoms with van der Waals surface area (Å²) in [5.41, 5.74) is 4.13. The number of halogens is 1. The van der Waals surface area contributed by atoms with Gasteiger partial charge < -0.3 is 14.4 Å². The molecule has 0 aliphatic rings. The predicted octanol–water partition coefficient (Wildman–Crippen LogP) is 7.28. The van der Waals surface area contributed by atoms with Gasteiger partial charge in [0.05, 0.1) is 48.0 Å². The quantitative estimate of drug-likeness (QED) is 0.251. The van der Waals surface area contributed by atoms with E-state index < -0.39 is 5.82 Å². The summed E-state index contributed by atoms with van der Waals surface area (Å²) in [7, 11) is 0. The van der Waals surface area contributed by atoms with E-state index in [0.717, 1.165) is 17.0 Å². The molecule has 1 aromatic heterocycles. The van der Waals surface area contributed by atoms with Crippen molar-refractivity contribution in [1.82, 2.24) is 4.98 Å².